The molecule has 0 unspecified atom stereocenters. The second kappa shape index (κ2) is 4.63. The number of hydrogen-bond donors (Lipinski definition) is 0. The third kappa shape index (κ3) is 1.72. The van der Waals surface area contributed by atoms with Gasteiger partial charge in [-0.15, -0.1) is 0 Å². The van der Waals surface area contributed by atoms with Crippen molar-refractivity contribution in [2.75, 3.05) is 14.2 Å². The summed E-state index contributed by atoms with van der Waals surface area (Å²) in [5, 5.41) is 1.90. The molecule has 2 aromatic rings. The lowest BCUT2D eigenvalue weighted by Gasteiger charge is -2.14. The van der Waals surface area contributed by atoms with E-state index in [1.54, 1.807) is 0 Å². The number of rotatable bonds is 3. The number of benzene rings is 2. The molecule has 0 heterocycles. The van der Waals surface area contributed by atoms with Gasteiger partial charge in [0.2, 0.25) is 0 Å². The summed E-state index contributed by atoms with van der Waals surface area (Å²) in [7, 11) is 3.03. The highest BCUT2D eigenvalue weighted by molar-refractivity contribution is 6.36. The van der Waals surface area contributed by atoms with Crippen molar-refractivity contribution in [2.24, 2.45) is 0 Å². The highest BCUT2D eigenvalue weighted by Gasteiger charge is 2.18. The summed E-state index contributed by atoms with van der Waals surface area (Å²) in [4.78, 5) is 11.1. The molecular formula is C13H11ClO3. The molecule has 0 atom stereocenters. The molecule has 0 aliphatic carbocycles. The number of aldehydes is 1. The molecule has 0 aliphatic rings. The van der Waals surface area contributed by atoms with Gasteiger partial charge in [0.15, 0.2) is 6.29 Å². The molecule has 17 heavy (non-hydrogen) atoms. The molecule has 4 heteroatoms. The topological polar surface area (TPSA) is 35.5 Å². The van der Waals surface area contributed by atoms with Crippen molar-refractivity contribution in [2.45, 2.75) is 0 Å². The first-order valence-electron chi connectivity index (χ1n) is 5.02. The molecule has 2 rings (SSSR count). The smallest absolute Gasteiger partial charge is 0.155 e. The van der Waals surface area contributed by atoms with Crippen LogP contribution in [0.5, 0.6) is 11.5 Å². The van der Waals surface area contributed by atoms with E-state index in [1.165, 1.54) is 14.2 Å². The Labute approximate surface area is 104 Å². The standard InChI is InChI=1S/C13H11ClO3/c1-16-12-8-5-3-4-6-9(8)13(17-2)11(14)10(12)7-15/h3-7H,1-2H3. The van der Waals surface area contributed by atoms with Crippen LogP contribution in [0.2, 0.25) is 5.02 Å². The molecule has 2 aromatic carbocycles. The van der Waals surface area contributed by atoms with Gasteiger partial charge in [-0.2, -0.15) is 0 Å². The summed E-state index contributed by atoms with van der Waals surface area (Å²) < 4.78 is 10.5. The maximum absolute atomic E-state index is 11.1. The second-order valence-corrected chi connectivity index (χ2v) is 3.84. The van der Waals surface area contributed by atoms with E-state index in [2.05, 4.69) is 0 Å². The van der Waals surface area contributed by atoms with Crippen LogP contribution in [0.3, 0.4) is 0 Å². The first-order chi connectivity index (χ1) is 8.24. The molecule has 0 radical (unpaired) electrons. The van der Waals surface area contributed by atoms with Crippen molar-refractivity contribution < 1.29 is 14.3 Å². The van der Waals surface area contributed by atoms with Gasteiger partial charge in [0.25, 0.3) is 0 Å². The molecule has 0 amide bonds. The minimum absolute atomic E-state index is 0.276. The summed E-state index contributed by atoms with van der Waals surface area (Å²) in [6.45, 7) is 0. The molecule has 88 valence electrons. The lowest BCUT2D eigenvalue weighted by atomic mass is 10.0. The van der Waals surface area contributed by atoms with Crippen LogP contribution in [0.25, 0.3) is 10.8 Å². The predicted octanol–water partition coefficient (Wildman–Crippen LogP) is 3.32. The van der Waals surface area contributed by atoms with Crippen LogP contribution in [-0.4, -0.2) is 20.5 Å². The van der Waals surface area contributed by atoms with Gasteiger partial charge in [-0.05, 0) is 0 Å². The molecule has 0 N–H and O–H groups in total. The molecule has 0 bridgehead atoms. The minimum Gasteiger partial charge on any atom is -0.495 e. The fourth-order valence-electron chi connectivity index (χ4n) is 1.89. The van der Waals surface area contributed by atoms with Gasteiger partial charge in [0.05, 0.1) is 24.8 Å². The van der Waals surface area contributed by atoms with E-state index in [0.29, 0.717) is 23.3 Å². The molecular weight excluding hydrogens is 240 g/mol. The highest BCUT2D eigenvalue weighted by Crippen LogP contribution is 2.42. The van der Waals surface area contributed by atoms with Gasteiger partial charge in [-0.3, -0.25) is 4.79 Å². The second-order valence-electron chi connectivity index (χ2n) is 3.46. The highest BCUT2D eigenvalue weighted by atomic mass is 35.5. The summed E-state index contributed by atoms with van der Waals surface area (Å²) in [6, 6.07) is 7.48. The largest absolute Gasteiger partial charge is 0.495 e. The first-order valence-corrected chi connectivity index (χ1v) is 5.39. The zero-order chi connectivity index (χ0) is 12.4. The van der Waals surface area contributed by atoms with Crippen LogP contribution in [-0.2, 0) is 0 Å². The molecule has 0 saturated carbocycles. The summed E-state index contributed by atoms with van der Waals surface area (Å²) in [6.07, 6.45) is 0.677. The number of fused-ring (bicyclic) bond motifs is 1. The third-order valence-electron chi connectivity index (χ3n) is 2.62. The van der Waals surface area contributed by atoms with Crippen molar-refractivity contribution >= 4 is 28.7 Å². The summed E-state index contributed by atoms with van der Waals surface area (Å²) in [5.41, 5.74) is 0.310. The van der Waals surface area contributed by atoms with E-state index in [1.807, 2.05) is 24.3 Å². The normalized spacial score (nSPS) is 10.3. The lowest BCUT2D eigenvalue weighted by Crippen LogP contribution is -1.97. The Kier molecular flexibility index (Phi) is 3.20. The van der Waals surface area contributed by atoms with Crippen LogP contribution in [0, 0.1) is 0 Å². The monoisotopic (exact) mass is 250 g/mol. The maximum Gasteiger partial charge on any atom is 0.155 e. The van der Waals surface area contributed by atoms with E-state index < -0.39 is 0 Å². The van der Waals surface area contributed by atoms with Crippen LogP contribution >= 0.6 is 11.6 Å². The predicted molar refractivity (Wildman–Crippen MR) is 67.4 cm³/mol. The Balaban J connectivity index is 2.98. The SMILES string of the molecule is COc1c(Cl)c(C=O)c(OC)c2ccccc12. The maximum atomic E-state index is 11.1. The molecule has 0 spiro atoms. The van der Waals surface area contributed by atoms with Crippen molar-refractivity contribution in [1.29, 1.82) is 0 Å². The molecule has 0 aromatic heterocycles. The Hall–Kier alpha value is -1.74. The number of carbonyl (C=O) groups excluding carboxylic acids is 1. The van der Waals surface area contributed by atoms with E-state index in [0.717, 1.165) is 10.8 Å². The number of ether oxygens (including phenoxy) is 2. The van der Waals surface area contributed by atoms with Crippen molar-refractivity contribution in [3.8, 4) is 11.5 Å². The average molecular weight is 251 g/mol. The van der Waals surface area contributed by atoms with Gasteiger partial charge >= 0.3 is 0 Å². The Bertz CT molecular complexity index is 578. The van der Waals surface area contributed by atoms with E-state index in [9.17, 15) is 4.79 Å². The van der Waals surface area contributed by atoms with Gasteiger partial charge in [-0.25, -0.2) is 0 Å². The van der Waals surface area contributed by atoms with E-state index >= 15 is 0 Å². The lowest BCUT2D eigenvalue weighted by molar-refractivity contribution is 0.112. The fourth-order valence-corrected chi connectivity index (χ4v) is 2.20. The van der Waals surface area contributed by atoms with Gasteiger partial charge < -0.3 is 9.47 Å². The molecule has 0 saturated heterocycles. The van der Waals surface area contributed by atoms with Crippen molar-refractivity contribution in [3.05, 3.63) is 34.9 Å². The molecule has 0 fully saturated rings. The average Bonchev–Trinajstić information content (AvgIpc) is 2.37. The number of halogens is 1. The van der Waals surface area contributed by atoms with E-state index in [-0.39, 0.29) is 5.02 Å². The molecule has 0 aliphatic heterocycles. The number of carbonyl (C=O) groups is 1. The van der Waals surface area contributed by atoms with Crippen LogP contribution in [0.4, 0.5) is 0 Å². The van der Waals surface area contributed by atoms with E-state index in [4.69, 9.17) is 21.1 Å². The first kappa shape index (κ1) is 11.7. The van der Waals surface area contributed by atoms with Crippen LogP contribution < -0.4 is 9.47 Å². The quantitative estimate of drug-likeness (QED) is 0.784. The zero-order valence-corrected chi connectivity index (χ0v) is 10.2. The molecule has 3 nitrogen and oxygen atoms in total. The summed E-state index contributed by atoms with van der Waals surface area (Å²) >= 11 is 6.14. The van der Waals surface area contributed by atoms with Crippen molar-refractivity contribution in [1.82, 2.24) is 0 Å². The Morgan fingerprint density at radius 2 is 1.59 bits per heavy atom. The minimum atomic E-state index is 0.276. The zero-order valence-electron chi connectivity index (χ0n) is 9.49. The fraction of sp³-hybridized carbons (Fsp3) is 0.154. The Morgan fingerprint density at radius 3 is 2.06 bits per heavy atom. The number of hydrogen-bond acceptors (Lipinski definition) is 3. The summed E-state index contributed by atoms with van der Waals surface area (Å²) in [5.74, 6) is 0.964. The third-order valence-corrected chi connectivity index (χ3v) is 3.00. The Morgan fingerprint density at radius 1 is 1.06 bits per heavy atom. The van der Waals surface area contributed by atoms with Crippen molar-refractivity contribution in [3.63, 3.8) is 0 Å². The van der Waals surface area contributed by atoms with Crippen LogP contribution in [0.15, 0.2) is 24.3 Å². The van der Waals surface area contributed by atoms with Gasteiger partial charge in [0.1, 0.15) is 11.5 Å². The van der Waals surface area contributed by atoms with Crippen LogP contribution in [0.1, 0.15) is 10.4 Å². The van der Waals surface area contributed by atoms with Gasteiger partial charge in [0, 0.05) is 10.8 Å². The van der Waals surface area contributed by atoms with Gasteiger partial charge in [-0.1, -0.05) is 35.9 Å². The number of methoxy groups -OCH3 is 2.